The van der Waals surface area contributed by atoms with E-state index in [1.54, 1.807) is 30.5 Å². The van der Waals surface area contributed by atoms with E-state index in [9.17, 15) is 9.59 Å². The fourth-order valence-electron chi connectivity index (χ4n) is 2.45. The molecule has 0 saturated heterocycles. The van der Waals surface area contributed by atoms with Gasteiger partial charge in [0.25, 0.3) is 11.8 Å². The van der Waals surface area contributed by atoms with Crippen molar-refractivity contribution in [2.45, 2.75) is 13.0 Å². The number of aromatic nitrogens is 1. The average Bonchev–Trinajstić information content (AvgIpc) is 2.60. The zero-order valence-electron chi connectivity index (χ0n) is 13.3. The second kappa shape index (κ2) is 6.57. The number of carbonyl (C=O) groups is 2. The minimum atomic E-state index is -0.287. The van der Waals surface area contributed by atoms with Gasteiger partial charge in [-0.05, 0) is 36.8 Å². The van der Waals surface area contributed by atoms with E-state index in [0.717, 1.165) is 5.56 Å². The van der Waals surface area contributed by atoms with Crippen molar-refractivity contribution in [3.63, 3.8) is 0 Å². The molecule has 1 atom stereocenters. The highest BCUT2D eigenvalue weighted by molar-refractivity contribution is 5.97. The summed E-state index contributed by atoms with van der Waals surface area (Å²) in [7, 11) is 1.47. The largest absolute Gasteiger partial charge is 0.482 e. The van der Waals surface area contributed by atoms with Gasteiger partial charge in [0, 0.05) is 6.20 Å². The van der Waals surface area contributed by atoms with E-state index in [1.807, 2.05) is 13.0 Å². The van der Waals surface area contributed by atoms with Gasteiger partial charge in [-0.25, -0.2) is 4.98 Å². The van der Waals surface area contributed by atoms with Gasteiger partial charge in [0.2, 0.25) is 5.88 Å². The predicted molar refractivity (Wildman–Crippen MR) is 87.2 cm³/mol. The number of pyridine rings is 1. The summed E-state index contributed by atoms with van der Waals surface area (Å²) >= 11 is 0. The van der Waals surface area contributed by atoms with Gasteiger partial charge in [0.05, 0.1) is 18.8 Å². The van der Waals surface area contributed by atoms with E-state index in [0.29, 0.717) is 17.0 Å². The topological polar surface area (TPSA) is 89.5 Å². The number of hydrogen-bond acceptors (Lipinski definition) is 5. The molecule has 0 radical (unpaired) electrons. The predicted octanol–water partition coefficient (Wildman–Crippen LogP) is 1.91. The third-order valence-electron chi connectivity index (χ3n) is 3.69. The lowest BCUT2D eigenvalue weighted by Crippen LogP contribution is -2.28. The number of rotatable bonds is 4. The summed E-state index contributed by atoms with van der Waals surface area (Å²) in [4.78, 5) is 27.9. The molecule has 0 fully saturated rings. The number of methoxy groups -OCH3 is 1. The SMILES string of the molecule is COc1ncccc1C(=O)N[C@H](C)c1ccc2c(c1)NC(=O)CO2. The summed E-state index contributed by atoms with van der Waals surface area (Å²) in [5.41, 5.74) is 1.81. The van der Waals surface area contributed by atoms with Crippen LogP contribution in [0.15, 0.2) is 36.5 Å². The molecule has 1 aromatic carbocycles. The summed E-state index contributed by atoms with van der Waals surface area (Å²) in [5.74, 6) is 0.404. The van der Waals surface area contributed by atoms with Crippen molar-refractivity contribution in [3.8, 4) is 11.6 Å². The molecule has 2 heterocycles. The maximum atomic E-state index is 12.4. The molecule has 7 nitrogen and oxygen atoms in total. The molecular formula is C17H17N3O4. The van der Waals surface area contributed by atoms with E-state index in [1.165, 1.54) is 7.11 Å². The maximum Gasteiger partial charge on any atom is 0.262 e. The van der Waals surface area contributed by atoms with Crippen LogP contribution in [0.5, 0.6) is 11.6 Å². The zero-order valence-corrected chi connectivity index (χ0v) is 13.3. The minimum absolute atomic E-state index is 0.0133. The van der Waals surface area contributed by atoms with Crippen molar-refractivity contribution in [1.82, 2.24) is 10.3 Å². The van der Waals surface area contributed by atoms with Crippen LogP contribution in [0, 0.1) is 0 Å². The summed E-state index contributed by atoms with van der Waals surface area (Å²) in [6, 6.07) is 8.46. The molecule has 1 aliphatic rings. The van der Waals surface area contributed by atoms with Crippen LogP contribution in [0.2, 0.25) is 0 Å². The molecule has 1 aliphatic heterocycles. The Kier molecular flexibility index (Phi) is 4.33. The highest BCUT2D eigenvalue weighted by atomic mass is 16.5. The highest BCUT2D eigenvalue weighted by Gasteiger charge is 2.19. The fraction of sp³-hybridized carbons (Fsp3) is 0.235. The number of nitrogens with zero attached hydrogens (tertiary/aromatic N) is 1. The smallest absolute Gasteiger partial charge is 0.262 e. The van der Waals surface area contributed by atoms with Crippen molar-refractivity contribution in [2.75, 3.05) is 19.0 Å². The number of hydrogen-bond donors (Lipinski definition) is 2. The number of ether oxygens (including phenoxy) is 2. The Hall–Kier alpha value is -3.09. The normalized spacial score (nSPS) is 14.0. The van der Waals surface area contributed by atoms with Gasteiger partial charge in [0.1, 0.15) is 11.3 Å². The lowest BCUT2D eigenvalue weighted by Gasteiger charge is -2.21. The first-order chi connectivity index (χ1) is 11.6. The number of benzene rings is 1. The quantitative estimate of drug-likeness (QED) is 0.895. The molecule has 3 rings (SSSR count). The lowest BCUT2D eigenvalue weighted by molar-refractivity contribution is -0.118. The van der Waals surface area contributed by atoms with E-state index in [-0.39, 0.29) is 30.3 Å². The van der Waals surface area contributed by atoms with Crippen molar-refractivity contribution in [1.29, 1.82) is 0 Å². The Balaban J connectivity index is 1.77. The van der Waals surface area contributed by atoms with Crippen LogP contribution in [0.3, 0.4) is 0 Å². The molecule has 7 heteroatoms. The van der Waals surface area contributed by atoms with Crippen LogP contribution < -0.4 is 20.1 Å². The Morgan fingerprint density at radius 3 is 3.04 bits per heavy atom. The zero-order chi connectivity index (χ0) is 17.1. The highest BCUT2D eigenvalue weighted by Crippen LogP contribution is 2.30. The molecule has 2 amide bonds. The third-order valence-corrected chi connectivity index (χ3v) is 3.69. The molecule has 2 N–H and O–H groups in total. The average molecular weight is 327 g/mol. The van der Waals surface area contributed by atoms with Gasteiger partial charge < -0.3 is 20.1 Å². The Labute approximate surface area is 139 Å². The van der Waals surface area contributed by atoms with Crippen LogP contribution in [0.25, 0.3) is 0 Å². The Bertz CT molecular complexity index is 791. The Morgan fingerprint density at radius 1 is 1.42 bits per heavy atom. The van der Waals surface area contributed by atoms with Gasteiger partial charge in [-0.2, -0.15) is 0 Å². The standard InChI is InChI=1S/C17H17N3O4/c1-10(19-16(22)12-4-3-7-18-17(12)23-2)11-5-6-14-13(8-11)20-15(21)9-24-14/h3-8,10H,9H2,1-2H3,(H,19,22)(H,20,21)/t10-/m1/s1. The molecule has 0 unspecified atom stereocenters. The first kappa shape index (κ1) is 15.8. The molecule has 2 aromatic rings. The molecule has 124 valence electrons. The molecular weight excluding hydrogens is 310 g/mol. The fourth-order valence-corrected chi connectivity index (χ4v) is 2.45. The molecule has 24 heavy (non-hydrogen) atoms. The van der Waals surface area contributed by atoms with Gasteiger partial charge in [-0.15, -0.1) is 0 Å². The first-order valence-corrected chi connectivity index (χ1v) is 7.45. The lowest BCUT2D eigenvalue weighted by atomic mass is 10.1. The van der Waals surface area contributed by atoms with Gasteiger partial charge in [-0.3, -0.25) is 9.59 Å². The number of nitrogens with one attached hydrogen (secondary N) is 2. The maximum absolute atomic E-state index is 12.4. The number of anilines is 1. The Morgan fingerprint density at radius 2 is 2.25 bits per heavy atom. The van der Waals surface area contributed by atoms with E-state index in [4.69, 9.17) is 9.47 Å². The van der Waals surface area contributed by atoms with E-state index in [2.05, 4.69) is 15.6 Å². The van der Waals surface area contributed by atoms with Crippen LogP contribution >= 0.6 is 0 Å². The van der Waals surface area contributed by atoms with Crippen molar-refractivity contribution >= 4 is 17.5 Å². The third kappa shape index (κ3) is 3.15. The number of fused-ring (bicyclic) bond motifs is 1. The van der Waals surface area contributed by atoms with Gasteiger partial charge in [0.15, 0.2) is 6.61 Å². The first-order valence-electron chi connectivity index (χ1n) is 7.45. The van der Waals surface area contributed by atoms with E-state index < -0.39 is 0 Å². The number of amides is 2. The van der Waals surface area contributed by atoms with Crippen LogP contribution in [0.4, 0.5) is 5.69 Å². The second-order valence-electron chi connectivity index (χ2n) is 5.35. The summed E-state index contributed by atoms with van der Waals surface area (Å²) in [5, 5.41) is 5.64. The van der Waals surface area contributed by atoms with Crippen LogP contribution in [-0.4, -0.2) is 30.5 Å². The molecule has 0 aliphatic carbocycles. The number of carbonyl (C=O) groups excluding carboxylic acids is 2. The van der Waals surface area contributed by atoms with Crippen molar-refractivity contribution in [2.24, 2.45) is 0 Å². The van der Waals surface area contributed by atoms with Gasteiger partial charge in [-0.1, -0.05) is 6.07 Å². The van der Waals surface area contributed by atoms with Crippen molar-refractivity contribution in [3.05, 3.63) is 47.7 Å². The molecule has 0 saturated carbocycles. The van der Waals surface area contributed by atoms with E-state index >= 15 is 0 Å². The molecule has 1 aromatic heterocycles. The summed E-state index contributed by atoms with van der Waals surface area (Å²) in [6.07, 6.45) is 1.56. The minimum Gasteiger partial charge on any atom is -0.482 e. The van der Waals surface area contributed by atoms with Crippen LogP contribution in [-0.2, 0) is 4.79 Å². The summed E-state index contributed by atoms with van der Waals surface area (Å²) < 4.78 is 10.4. The molecule has 0 spiro atoms. The second-order valence-corrected chi connectivity index (χ2v) is 5.35. The van der Waals surface area contributed by atoms with Crippen LogP contribution in [0.1, 0.15) is 28.9 Å². The molecule has 0 bridgehead atoms. The monoisotopic (exact) mass is 327 g/mol. The summed E-state index contributed by atoms with van der Waals surface area (Å²) in [6.45, 7) is 1.87. The van der Waals surface area contributed by atoms with Gasteiger partial charge >= 0.3 is 0 Å². The van der Waals surface area contributed by atoms with Crippen molar-refractivity contribution < 1.29 is 19.1 Å².